The monoisotopic (exact) mass is 293 g/mol. The molecule has 0 saturated heterocycles. The fraction of sp³-hybridized carbons (Fsp3) is 0.133. The van der Waals surface area contributed by atoms with E-state index in [-0.39, 0.29) is 6.61 Å². The molecule has 22 heavy (non-hydrogen) atoms. The van der Waals surface area contributed by atoms with E-state index < -0.39 is 0 Å². The first-order valence-electron chi connectivity index (χ1n) is 6.64. The van der Waals surface area contributed by atoms with E-state index in [9.17, 15) is 0 Å². The summed E-state index contributed by atoms with van der Waals surface area (Å²) < 4.78 is 1.55. The molecule has 1 radical (unpaired) electrons. The minimum absolute atomic E-state index is 0.249. The molecule has 0 fully saturated rings. The highest BCUT2D eigenvalue weighted by molar-refractivity contribution is 6.10. The van der Waals surface area contributed by atoms with Crippen LogP contribution < -0.4 is 0 Å². The van der Waals surface area contributed by atoms with Crippen molar-refractivity contribution in [2.45, 2.75) is 6.61 Å². The molecule has 0 N–H and O–H groups in total. The van der Waals surface area contributed by atoms with Crippen molar-refractivity contribution in [3.63, 3.8) is 0 Å². The van der Waals surface area contributed by atoms with Crippen LogP contribution in [0.5, 0.6) is 0 Å². The minimum atomic E-state index is 0.249. The van der Waals surface area contributed by atoms with E-state index in [2.05, 4.69) is 31.9 Å². The van der Waals surface area contributed by atoms with Gasteiger partial charge in [0.25, 0.3) is 0 Å². The number of pyridine rings is 1. The molecule has 3 rings (SSSR count). The fourth-order valence-electron chi connectivity index (χ4n) is 1.85. The molecule has 3 aromatic rings. The Morgan fingerprint density at radius 2 is 2.09 bits per heavy atom. The Kier molecular flexibility index (Phi) is 4.15. The van der Waals surface area contributed by atoms with Crippen LogP contribution in [-0.2, 0) is 18.5 Å². The summed E-state index contributed by atoms with van der Waals surface area (Å²) in [4.78, 5) is 9.48. The molecule has 1 aromatic carbocycles. The topological polar surface area (TPSA) is 78.1 Å². The van der Waals surface area contributed by atoms with Crippen molar-refractivity contribution in [2.24, 2.45) is 12.2 Å². The van der Waals surface area contributed by atoms with Gasteiger partial charge in [-0.1, -0.05) is 41.6 Å². The Hall–Kier alpha value is -3.09. The van der Waals surface area contributed by atoms with Crippen LogP contribution in [0.4, 0.5) is 0 Å². The Balaban J connectivity index is 1.86. The number of hydrogen-bond donors (Lipinski definition) is 0. The molecule has 0 unspecified atom stereocenters. The van der Waals surface area contributed by atoms with Crippen LogP contribution >= 0.6 is 0 Å². The second-order valence-corrected chi connectivity index (χ2v) is 4.46. The lowest BCUT2D eigenvalue weighted by Gasteiger charge is -2.05. The van der Waals surface area contributed by atoms with Crippen molar-refractivity contribution >= 4 is 5.71 Å². The van der Waals surface area contributed by atoms with Crippen LogP contribution in [0.3, 0.4) is 0 Å². The van der Waals surface area contributed by atoms with Crippen LogP contribution in [-0.4, -0.2) is 30.9 Å². The van der Waals surface area contributed by atoms with Gasteiger partial charge in [-0.05, 0) is 22.6 Å². The second-order valence-electron chi connectivity index (χ2n) is 4.46. The van der Waals surface area contributed by atoms with Gasteiger partial charge in [0.1, 0.15) is 0 Å². The van der Waals surface area contributed by atoms with Gasteiger partial charge in [0.05, 0.1) is 11.9 Å². The van der Waals surface area contributed by atoms with E-state index in [1.165, 1.54) is 0 Å². The molecule has 0 bridgehead atoms. The van der Waals surface area contributed by atoms with Crippen molar-refractivity contribution in [3.8, 4) is 0 Å². The van der Waals surface area contributed by atoms with Crippen LogP contribution in [0.2, 0.25) is 0 Å². The number of aryl methyl sites for hydroxylation is 1. The first kappa shape index (κ1) is 13.9. The number of aromatic nitrogens is 5. The molecule has 109 valence electrons. The molecule has 7 nitrogen and oxygen atoms in total. The van der Waals surface area contributed by atoms with Crippen LogP contribution in [0, 0.1) is 6.20 Å². The molecule has 2 heterocycles. The first-order valence-corrected chi connectivity index (χ1v) is 6.64. The van der Waals surface area contributed by atoms with Gasteiger partial charge in [-0.15, -0.1) is 5.10 Å². The highest BCUT2D eigenvalue weighted by atomic mass is 16.6. The molecule has 7 heteroatoms. The minimum Gasteiger partial charge on any atom is -0.389 e. The van der Waals surface area contributed by atoms with Crippen LogP contribution in [0.15, 0.2) is 53.7 Å². The SMILES string of the molecule is Cn1nnnc1/C(=N\OCc1ccc[c]n1)c1ccccc1. The summed E-state index contributed by atoms with van der Waals surface area (Å²) in [7, 11) is 1.75. The van der Waals surface area contributed by atoms with Gasteiger partial charge < -0.3 is 4.84 Å². The molecule has 0 atom stereocenters. The lowest BCUT2D eigenvalue weighted by Crippen LogP contribution is -2.12. The lowest BCUT2D eigenvalue weighted by molar-refractivity contribution is 0.128. The maximum atomic E-state index is 5.41. The summed E-state index contributed by atoms with van der Waals surface area (Å²) in [6.45, 7) is 0.249. The van der Waals surface area contributed by atoms with Crippen molar-refractivity contribution in [3.05, 3.63) is 71.8 Å². The summed E-state index contributed by atoms with van der Waals surface area (Å²) in [5, 5.41) is 15.7. The first-order chi connectivity index (χ1) is 10.8. The van der Waals surface area contributed by atoms with Gasteiger partial charge in [-0.25, -0.2) is 9.67 Å². The zero-order valence-electron chi connectivity index (χ0n) is 11.9. The molecular weight excluding hydrogens is 280 g/mol. The third-order valence-electron chi connectivity index (χ3n) is 2.91. The molecule has 2 aromatic heterocycles. The van der Waals surface area contributed by atoms with Crippen molar-refractivity contribution in [1.29, 1.82) is 0 Å². The summed E-state index contributed by atoms with van der Waals surface area (Å²) in [5.41, 5.74) is 2.18. The molecule has 0 amide bonds. The number of hydrogen-bond acceptors (Lipinski definition) is 6. The predicted octanol–water partition coefficient (Wildman–Crippen LogP) is 1.37. The van der Waals surface area contributed by atoms with E-state index in [1.807, 2.05) is 42.5 Å². The highest BCUT2D eigenvalue weighted by Gasteiger charge is 2.14. The number of rotatable bonds is 5. The summed E-state index contributed by atoms with van der Waals surface area (Å²) in [6, 6.07) is 15.0. The fourth-order valence-corrected chi connectivity index (χ4v) is 1.85. The molecule has 0 aliphatic carbocycles. The number of tetrazole rings is 1. The molecule has 0 spiro atoms. The van der Waals surface area contributed by atoms with Gasteiger partial charge in [0.15, 0.2) is 12.3 Å². The summed E-state index contributed by atoms with van der Waals surface area (Å²) >= 11 is 0. The smallest absolute Gasteiger partial charge is 0.204 e. The van der Waals surface area contributed by atoms with Gasteiger partial charge in [-0.2, -0.15) is 0 Å². The maximum Gasteiger partial charge on any atom is 0.204 e. The van der Waals surface area contributed by atoms with Gasteiger partial charge >= 0.3 is 0 Å². The predicted molar refractivity (Wildman–Crippen MR) is 78.7 cm³/mol. The third kappa shape index (κ3) is 3.14. The van der Waals surface area contributed by atoms with E-state index in [0.29, 0.717) is 11.5 Å². The zero-order chi connectivity index (χ0) is 15.2. The zero-order valence-corrected chi connectivity index (χ0v) is 11.9. The van der Waals surface area contributed by atoms with Crippen molar-refractivity contribution in [1.82, 2.24) is 25.2 Å². The largest absolute Gasteiger partial charge is 0.389 e. The Bertz CT molecular complexity index is 754. The molecular formula is C15H13N6O. The average Bonchev–Trinajstić information content (AvgIpc) is 2.99. The van der Waals surface area contributed by atoms with E-state index >= 15 is 0 Å². The number of nitrogens with zero attached hydrogens (tertiary/aromatic N) is 6. The molecule has 0 saturated carbocycles. The summed E-state index contributed by atoms with van der Waals surface area (Å²) in [6.07, 6.45) is 2.75. The quantitative estimate of drug-likeness (QED) is 0.524. The summed E-state index contributed by atoms with van der Waals surface area (Å²) in [5.74, 6) is 0.527. The van der Waals surface area contributed by atoms with Crippen molar-refractivity contribution in [2.75, 3.05) is 0 Å². The van der Waals surface area contributed by atoms with Gasteiger partial charge in [0, 0.05) is 12.6 Å². The van der Waals surface area contributed by atoms with Crippen LogP contribution in [0.25, 0.3) is 0 Å². The highest BCUT2D eigenvalue weighted by Crippen LogP contribution is 2.08. The van der Waals surface area contributed by atoms with E-state index in [4.69, 9.17) is 4.84 Å². The van der Waals surface area contributed by atoms with Gasteiger partial charge in [0.2, 0.25) is 5.82 Å². The Morgan fingerprint density at radius 1 is 1.23 bits per heavy atom. The molecule has 0 aliphatic rings. The average molecular weight is 293 g/mol. The lowest BCUT2D eigenvalue weighted by atomic mass is 10.1. The third-order valence-corrected chi connectivity index (χ3v) is 2.91. The van der Waals surface area contributed by atoms with E-state index in [1.54, 1.807) is 17.8 Å². The normalized spacial score (nSPS) is 11.4. The number of oxime groups is 1. The second kappa shape index (κ2) is 6.57. The van der Waals surface area contributed by atoms with Crippen LogP contribution in [0.1, 0.15) is 17.1 Å². The number of benzene rings is 1. The standard InChI is InChI=1S/C15H13N6O/c1-21-15(17-19-20-21)14(12-7-3-2-4-8-12)18-22-11-13-9-5-6-10-16-13/h2-9H,11H2,1H3/b18-14-. The van der Waals surface area contributed by atoms with Gasteiger partial charge in [-0.3, -0.25) is 0 Å². The molecule has 0 aliphatic heterocycles. The maximum absolute atomic E-state index is 5.41. The Labute approximate surface area is 127 Å². The van der Waals surface area contributed by atoms with E-state index in [0.717, 1.165) is 11.3 Å². The Morgan fingerprint density at radius 3 is 2.77 bits per heavy atom. The van der Waals surface area contributed by atoms with Crippen molar-refractivity contribution < 1.29 is 4.84 Å².